The van der Waals surface area contributed by atoms with E-state index in [2.05, 4.69) is 19.1 Å². The fraction of sp³-hybridized carbons (Fsp3) is 0.870. The third kappa shape index (κ3) is 21.3. The molecule has 0 aromatic carbocycles. The third-order valence-electron chi connectivity index (χ3n) is 5.06. The number of allylic oxidation sites excluding steroid dienone is 2. The molecule has 160 valence electrons. The van der Waals surface area contributed by atoms with E-state index < -0.39 is 11.7 Å². The molecule has 4 N–H and O–H groups in total. The molecule has 0 spiro atoms. The van der Waals surface area contributed by atoms with E-state index in [0.29, 0.717) is 12.3 Å². The standard InChI is InChI=1S/C18H34O2.C5H11NO/c1-2-3-4-5-6-7-8-9-10-11-12-13-14-15-16-17-18(19)20;1-5(6,7)4-2-3-4/h9-10H,2-8,11-17H2,1H3,(H,19,20);4,7H,2-3,6H2,1H3/b10-9-;. The van der Waals surface area contributed by atoms with Crippen molar-refractivity contribution in [3.8, 4) is 0 Å². The van der Waals surface area contributed by atoms with Gasteiger partial charge in [0, 0.05) is 12.3 Å². The second-order valence-electron chi connectivity index (χ2n) is 8.23. The summed E-state index contributed by atoms with van der Waals surface area (Å²) in [5.74, 6) is -0.282. The molecule has 27 heavy (non-hydrogen) atoms. The summed E-state index contributed by atoms with van der Waals surface area (Å²) in [5, 5.41) is 17.4. The van der Waals surface area contributed by atoms with Gasteiger partial charge in [0.2, 0.25) is 0 Å². The van der Waals surface area contributed by atoms with E-state index in [4.69, 9.17) is 15.9 Å². The molecule has 0 aromatic rings. The van der Waals surface area contributed by atoms with E-state index in [0.717, 1.165) is 25.7 Å². The van der Waals surface area contributed by atoms with Gasteiger partial charge in [-0.05, 0) is 51.9 Å². The molecule has 0 saturated heterocycles. The predicted molar refractivity (Wildman–Crippen MR) is 115 cm³/mol. The number of unbranched alkanes of at least 4 members (excludes halogenated alkanes) is 11. The molecule has 1 unspecified atom stereocenters. The lowest BCUT2D eigenvalue weighted by atomic mass is 10.1. The van der Waals surface area contributed by atoms with Crippen LogP contribution >= 0.6 is 0 Å². The molecule has 0 radical (unpaired) electrons. The summed E-state index contributed by atoms with van der Waals surface area (Å²) in [6.07, 6.45) is 23.4. The van der Waals surface area contributed by atoms with E-state index >= 15 is 0 Å². The van der Waals surface area contributed by atoms with Gasteiger partial charge in [-0.2, -0.15) is 0 Å². The van der Waals surface area contributed by atoms with Crippen LogP contribution in [0.2, 0.25) is 0 Å². The monoisotopic (exact) mass is 383 g/mol. The molecule has 0 aromatic heterocycles. The summed E-state index contributed by atoms with van der Waals surface area (Å²) in [6, 6.07) is 0. The lowest BCUT2D eigenvalue weighted by Crippen LogP contribution is -2.37. The predicted octanol–water partition coefficient (Wildman–Crippen LogP) is 6.17. The highest BCUT2D eigenvalue weighted by atomic mass is 16.4. The smallest absolute Gasteiger partial charge is 0.303 e. The third-order valence-corrected chi connectivity index (χ3v) is 5.06. The Hall–Kier alpha value is -0.870. The highest BCUT2D eigenvalue weighted by Crippen LogP contribution is 2.36. The molecule has 4 heteroatoms. The summed E-state index contributed by atoms with van der Waals surface area (Å²) < 4.78 is 0. The molecule has 4 nitrogen and oxygen atoms in total. The fourth-order valence-corrected chi connectivity index (χ4v) is 3.01. The number of rotatable bonds is 16. The lowest BCUT2D eigenvalue weighted by Gasteiger charge is -2.14. The molecule has 0 heterocycles. The van der Waals surface area contributed by atoms with Crippen molar-refractivity contribution in [3.05, 3.63) is 12.2 Å². The molecule has 1 atom stereocenters. The number of carboxylic acids is 1. The van der Waals surface area contributed by atoms with Crippen molar-refractivity contribution in [2.24, 2.45) is 11.7 Å². The number of carbonyl (C=O) groups is 1. The van der Waals surface area contributed by atoms with Gasteiger partial charge in [-0.15, -0.1) is 0 Å². The van der Waals surface area contributed by atoms with Gasteiger partial charge in [0.1, 0.15) is 5.72 Å². The summed E-state index contributed by atoms with van der Waals surface area (Å²) in [6.45, 7) is 3.92. The van der Waals surface area contributed by atoms with Gasteiger partial charge in [0.15, 0.2) is 0 Å². The van der Waals surface area contributed by atoms with Gasteiger partial charge in [0.05, 0.1) is 0 Å². The summed E-state index contributed by atoms with van der Waals surface area (Å²) in [7, 11) is 0. The highest BCUT2D eigenvalue weighted by Gasteiger charge is 2.36. The minimum atomic E-state index is -0.889. The maximum Gasteiger partial charge on any atom is 0.303 e. The fourth-order valence-electron chi connectivity index (χ4n) is 3.01. The number of carboxylic acid groups (broad SMARTS) is 1. The van der Waals surface area contributed by atoms with E-state index in [1.165, 1.54) is 70.6 Å². The van der Waals surface area contributed by atoms with Crippen molar-refractivity contribution >= 4 is 5.97 Å². The van der Waals surface area contributed by atoms with Gasteiger partial charge in [-0.3, -0.25) is 4.79 Å². The Kier molecular flexibility index (Phi) is 16.7. The number of hydrogen-bond donors (Lipinski definition) is 3. The largest absolute Gasteiger partial charge is 0.481 e. The van der Waals surface area contributed by atoms with Crippen molar-refractivity contribution in [1.29, 1.82) is 0 Å². The molecule has 0 aliphatic heterocycles. The first-order valence-corrected chi connectivity index (χ1v) is 11.3. The van der Waals surface area contributed by atoms with Gasteiger partial charge in [-0.25, -0.2) is 0 Å². The Morgan fingerprint density at radius 3 is 1.74 bits per heavy atom. The molecule has 0 amide bonds. The first kappa shape index (κ1) is 26.1. The topological polar surface area (TPSA) is 83.5 Å². The van der Waals surface area contributed by atoms with Crippen LogP contribution in [0.4, 0.5) is 0 Å². The Balaban J connectivity index is 0.000000797. The van der Waals surface area contributed by atoms with E-state index in [1.807, 2.05) is 0 Å². The minimum absolute atomic E-state index is 0.332. The van der Waals surface area contributed by atoms with Crippen LogP contribution in [-0.2, 0) is 4.79 Å². The highest BCUT2D eigenvalue weighted by molar-refractivity contribution is 5.66. The molecule has 1 aliphatic rings. The van der Waals surface area contributed by atoms with E-state index in [9.17, 15) is 4.79 Å². The zero-order valence-corrected chi connectivity index (χ0v) is 17.9. The maximum absolute atomic E-state index is 10.3. The van der Waals surface area contributed by atoms with Crippen LogP contribution in [0, 0.1) is 5.92 Å². The zero-order valence-electron chi connectivity index (χ0n) is 17.9. The molecular weight excluding hydrogens is 338 g/mol. The van der Waals surface area contributed by atoms with Crippen molar-refractivity contribution in [2.75, 3.05) is 0 Å². The average molecular weight is 384 g/mol. The number of aliphatic hydroxyl groups is 1. The van der Waals surface area contributed by atoms with Crippen molar-refractivity contribution < 1.29 is 15.0 Å². The van der Waals surface area contributed by atoms with Crippen LogP contribution in [0.15, 0.2) is 12.2 Å². The Bertz CT molecular complexity index is 370. The zero-order chi connectivity index (χ0) is 20.4. The summed E-state index contributed by atoms with van der Waals surface area (Å²) >= 11 is 0. The first-order chi connectivity index (χ1) is 12.9. The van der Waals surface area contributed by atoms with Gasteiger partial charge < -0.3 is 15.9 Å². The molecule has 1 fully saturated rings. The minimum Gasteiger partial charge on any atom is -0.481 e. The molecule has 1 saturated carbocycles. The van der Waals surface area contributed by atoms with Crippen molar-refractivity contribution in [3.63, 3.8) is 0 Å². The Labute approximate surface area is 167 Å². The van der Waals surface area contributed by atoms with Crippen LogP contribution in [0.3, 0.4) is 0 Å². The summed E-state index contributed by atoms with van der Waals surface area (Å²) in [5.41, 5.74) is 4.41. The normalized spacial score (nSPS) is 16.0. The lowest BCUT2D eigenvalue weighted by molar-refractivity contribution is -0.137. The van der Waals surface area contributed by atoms with Crippen LogP contribution in [0.5, 0.6) is 0 Å². The van der Waals surface area contributed by atoms with Gasteiger partial charge in [-0.1, -0.05) is 70.4 Å². The van der Waals surface area contributed by atoms with Crippen molar-refractivity contribution in [1.82, 2.24) is 0 Å². The first-order valence-electron chi connectivity index (χ1n) is 11.3. The van der Waals surface area contributed by atoms with E-state index in [-0.39, 0.29) is 0 Å². The molecule has 1 aliphatic carbocycles. The van der Waals surface area contributed by atoms with Crippen LogP contribution < -0.4 is 5.73 Å². The quantitative estimate of drug-likeness (QED) is 0.169. The Morgan fingerprint density at radius 2 is 1.37 bits per heavy atom. The molecular formula is C23H45NO3. The van der Waals surface area contributed by atoms with Gasteiger partial charge >= 0.3 is 5.97 Å². The molecule has 0 bridgehead atoms. The number of hydrogen-bond acceptors (Lipinski definition) is 3. The summed E-state index contributed by atoms with van der Waals surface area (Å²) in [4.78, 5) is 10.3. The number of nitrogens with two attached hydrogens (primary N) is 1. The van der Waals surface area contributed by atoms with E-state index in [1.54, 1.807) is 6.92 Å². The van der Waals surface area contributed by atoms with Gasteiger partial charge in [0.25, 0.3) is 0 Å². The average Bonchev–Trinajstić information content (AvgIpc) is 3.43. The second kappa shape index (κ2) is 17.2. The SMILES string of the molecule is CC(N)(O)C1CC1.CCCCCCCC/C=C\CCCCCCCC(=O)O. The second-order valence-corrected chi connectivity index (χ2v) is 8.23. The molecule has 1 rings (SSSR count). The van der Waals surface area contributed by atoms with Crippen LogP contribution in [-0.4, -0.2) is 21.9 Å². The maximum atomic E-state index is 10.3. The Morgan fingerprint density at radius 1 is 0.926 bits per heavy atom. The van der Waals surface area contributed by atoms with Crippen LogP contribution in [0.25, 0.3) is 0 Å². The van der Waals surface area contributed by atoms with Crippen molar-refractivity contribution in [2.45, 2.75) is 122 Å². The van der Waals surface area contributed by atoms with Crippen LogP contribution in [0.1, 0.15) is 117 Å². The number of aliphatic carboxylic acids is 1.